The van der Waals surface area contributed by atoms with Gasteiger partial charge in [-0.1, -0.05) is 23.8 Å². The van der Waals surface area contributed by atoms with Crippen molar-refractivity contribution < 1.29 is 4.74 Å². The van der Waals surface area contributed by atoms with Crippen LogP contribution in [0.4, 0.5) is 0 Å². The number of rotatable bonds is 4. The summed E-state index contributed by atoms with van der Waals surface area (Å²) < 4.78 is 5.76. The molecule has 0 atom stereocenters. The van der Waals surface area contributed by atoms with E-state index in [0.29, 0.717) is 13.2 Å². The van der Waals surface area contributed by atoms with Gasteiger partial charge < -0.3 is 10.5 Å². The molecule has 2 aromatic rings. The van der Waals surface area contributed by atoms with E-state index < -0.39 is 0 Å². The second-order valence-corrected chi connectivity index (χ2v) is 4.72. The van der Waals surface area contributed by atoms with Crippen LogP contribution in [0.3, 0.4) is 0 Å². The highest BCUT2D eigenvalue weighted by atomic mass is 32.1. The zero-order valence-electron chi connectivity index (χ0n) is 9.27. The van der Waals surface area contributed by atoms with Gasteiger partial charge in [0.25, 0.3) is 0 Å². The SMILES string of the molecule is Cc1ccc(OCc2cccs2)c(CN)c1. The second kappa shape index (κ2) is 5.14. The Morgan fingerprint density at radius 1 is 1.31 bits per heavy atom. The van der Waals surface area contributed by atoms with E-state index in [1.54, 1.807) is 11.3 Å². The lowest BCUT2D eigenvalue weighted by atomic mass is 10.1. The van der Waals surface area contributed by atoms with E-state index in [-0.39, 0.29) is 0 Å². The predicted molar refractivity (Wildman–Crippen MR) is 67.7 cm³/mol. The van der Waals surface area contributed by atoms with Gasteiger partial charge in [-0.15, -0.1) is 11.3 Å². The van der Waals surface area contributed by atoms with Gasteiger partial charge in [0.1, 0.15) is 12.4 Å². The smallest absolute Gasteiger partial charge is 0.124 e. The molecular weight excluding hydrogens is 218 g/mol. The topological polar surface area (TPSA) is 35.2 Å². The van der Waals surface area contributed by atoms with Crippen LogP contribution in [-0.2, 0) is 13.2 Å². The number of aryl methyl sites for hydroxylation is 1. The van der Waals surface area contributed by atoms with Crippen LogP contribution < -0.4 is 10.5 Å². The Bertz CT molecular complexity index is 451. The van der Waals surface area contributed by atoms with E-state index in [2.05, 4.69) is 24.4 Å². The first-order chi connectivity index (χ1) is 7.79. The van der Waals surface area contributed by atoms with Gasteiger partial charge in [-0.05, 0) is 24.4 Å². The molecule has 0 spiro atoms. The summed E-state index contributed by atoms with van der Waals surface area (Å²) in [4.78, 5) is 1.23. The van der Waals surface area contributed by atoms with Gasteiger partial charge >= 0.3 is 0 Å². The fourth-order valence-corrected chi connectivity index (χ4v) is 2.17. The van der Waals surface area contributed by atoms with E-state index in [4.69, 9.17) is 10.5 Å². The average molecular weight is 233 g/mol. The van der Waals surface area contributed by atoms with Crippen molar-refractivity contribution in [2.45, 2.75) is 20.1 Å². The maximum absolute atomic E-state index is 5.76. The molecule has 0 saturated heterocycles. The third kappa shape index (κ3) is 2.62. The first kappa shape index (κ1) is 11.2. The molecule has 0 radical (unpaired) electrons. The first-order valence-corrected chi connectivity index (χ1v) is 6.12. The fourth-order valence-electron chi connectivity index (χ4n) is 1.55. The van der Waals surface area contributed by atoms with Crippen LogP contribution in [0.1, 0.15) is 16.0 Å². The van der Waals surface area contributed by atoms with Crippen LogP contribution >= 0.6 is 11.3 Å². The summed E-state index contributed by atoms with van der Waals surface area (Å²) >= 11 is 1.70. The summed E-state index contributed by atoms with van der Waals surface area (Å²) in [5.74, 6) is 0.890. The zero-order chi connectivity index (χ0) is 11.4. The minimum Gasteiger partial charge on any atom is -0.488 e. The van der Waals surface area contributed by atoms with Gasteiger partial charge in [-0.2, -0.15) is 0 Å². The van der Waals surface area contributed by atoms with Crippen LogP contribution in [0.5, 0.6) is 5.75 Å². The van der Waals surface area contributed by atoms with Gasteiger partial charge in [-0.3, -0.25) is 0 Å². The normalized spacial score (nSPS) is 10.4. The lowest BCUT2D eigenvalue weighted by Crippen LogP contribution is -2.02. The molecular formula is C13H15NOS. The van der Waals surface area contributed by atoms with Crippen LogP contribution in [-0.4, -0.2) is 0 Å². The third-order valence-corrected chi connectivity index (χ3v) is 3.24. The molecule has 84 valence electrons. The quantitative estimate of drug-likeness (QED) is 0.880. The molecule has 1 aromatic heterocycles. The summed E-state index contributed by atoms with van der Waals surface area (Å²) in [6, 6.07) is 10.2. The molecule has 0 unspecified atom stereocenters. The van der Waals surface area contributed by atoms with Crippen molar-refractivity contribution in [2.75, 3.05) is 0 Å². The van der Waals surface area contributed by atoms with Crippen molar-refractivity contribution >= 4 is 11.3 Å². The predicted octanol–water partition coefficient (Wildman–Crippen LogP) is 3.09. The Morgan fingerprint density at radius 3 is 2.88 bits per heavy atom. The molecule has 0 bridgehead atoms. The number of ether oxygens (including phenoxy) is 1. The molecule has 0 amide bonds. The molecule has 2 rings (SSSR count). The number of hydrogen-bond acceptors (Lipinski definition) is 3. The fraction of sp³-hybridized carbons (Fsp3) is 0.231. The van der Waals surface area contributed by atoms with Gasteiger partial charge in [0, 0.05) is 17.0 Å². The highest BCUT2D eigenvalue weighted by molar-refractivity contribution is 7.09. The molecule has 0 aliphatic carbocycles. The average Bonchev–Trinajstić information content (AvgIpc) is 2.80. The van der Waals surface area contributed by atoms with E-state index in [1.807, 2.05) is 18.2 Å². The molecule has 0 aliphatic rings. The van der Waals surface area contributed by atoms with Crippen molar-refractivity contribution in [3.8, 4) is 5.75 Å². The summed E-state index contributed by atoms with van der Waals surface area (Å²) in [7, 11) is 0. The minimum absolute atomic E-state index is 0.515. The van der Waals surface area contributed by atoms with Crippen molar-refractivity contribution in [1.82, 2.24) is 0 Å². The van der Waals surface area contributed by atoms with E-state index in [1.165, 1.54) is 10.4 Å². The molecule has 1 heterocycles. The van der Waals surface area contributed by atoms with E-state index in [0.717, 1.165) is 11.3 Å². The lowest BCUT2D eigenvalue weighted by Gasteiger charge is -2.10. The summed E-state index contributed by atoms with van der Waals surface area (Å²) in [5, 5.41) is 2.05. The molecule has 3 heteroatoms. The van der Waals surface area contributed by atoms with Crippen molar-refractivity contribution in [3.05, 3.63) is 51.7 Å². The Morgan fingerprint density at radius 2 is 2.19 bits per heavy atom. The Hall–Kier alpha value is -1.32. The first-order valence-electron chi connectivity index (χ1n) is 5.24. The highest BCUT2D eigenvalue weighted by Gasteiger charge is 2.03. The molecule has 2 nitrogen and oxygen atoms in total. The number of nitrogens with two attached hydrogens (primary N) is 1. The Balaban J connectivity index is 2.09. The number of hydrogen-bond donors (Lipinski definition) is 1. The van der Waals surface area contributed by atoms with E-state index >= 15 is 0 Å². The molecule has 2 N–H and O–H groups in total. The van der Waals surface area contributed by atoms with Gasteiger partial charge in [-0.25, -0.2) is 0 Å². The summed E-state index contributed by atoms with van der Waals surface area (Å²) in [5.41, 5.74) is 7.97. The van der Waals surface area contributed by atoms with Gasteiger partial charge in [0.15, 0.2) is 0 Å². The summed E-state index contributed by atoms with van der Waals surface area (Å²) in [6.07, 6.45) is 0. The van der Waals surface area contributed by atoms with Crippen molar-refractivity contribution in [3.63, 3.8) is 0 Å². The molecule has 16 heavy (non-hydrogen) atoms. The van der Waals surface area contributed by atoms with Crippen molar-refractivity contribution in [1.29, 1.82) is 0 Å². The van der Waals surface area contributed by atoms with Crippen LogP contribution in [0, 0.1) is 6.92 Å². The molecule has 0 saturated carbocycles. The van der Waals surface area contributed by atoms with Crippen LogP contribution in [0.25, 0.3) is 0 Å². The minimum atomic E-state index is 0.515. The van der Waals surface area contributed by atoms with Gasteiger partial charge in [0.2, 0.25) is 0 Å². The molecule has 0 aliphatic heterocycles. The van der Waals surface area contributed by atoms with Crippen LogP contribution in [0.15, 0.2) is 35.7 Å². The Labute approximate surface area is 99.7 Å². The van der Waals surface area contributed by atoms with Crippen LogP contribution in [0.2, 0.25) is 0 Å². The second-order valence-electron chi connectivity index (χ2n) is 3.68. The number of thiophene rings is 1. The number of benzene rings is 1. The maximum Gasteiger partial charge on any atom is 0.124 e. The highest BCUT2D eigenvalue weighted by Crippen LogP contribution is 2.21. The maximum atomic E-state index is 5.76. The zero-order valence-corrected chi connectivity index (χ0v) is 10.1. The molecule has 1 aromatic carbocycles. The van der Waals surface area contributed by atoms with Gasteiger partial charge in [0.05, 0.1) is 0 Å². The van der Waals surface area contributed by atoms with E-state index in [9.17, 15) is 0 Å². The summed E-state index contributed by atoms with van der Waals surface area (Å²) in [6.45, 7) is 3.19. The van der Waals surface area contributed by atoms with Crippen molar-refractivity contribution in [2.24, 2.45) is 5.73 Å². The third-order valence-electron chi connectivity index (χ3n) is 2.39. The monoisotopic (exact) mass is 233 g/mol. The standard InChI is InChI=1S/C13H15NOS/c1-10-4-5-13(11(7-10)8-14)15-9-12-3-2-6-16-12/h2-7H,8-9,14H2,1H3. The Kier molecular flexibility index (Phi) is 3.59. The molecule has 0 fully saturated rings. The lowest BCUT2D eigenvalue weighted by molar-refractivity contribution is 0.306. The largest absolute Gasteiger partial charge is 0.488 e.